The van der Waals surface area contributed by atoms with E-state index in [0.717, 1.165) is 36.4 Å². The van der Waals surface area contributed by atoms with Gasteiger partial charge in [0.05, 0.1) is 10.7 Å². The number of hydrogen-bond acceptors (Lipinski definition) is 5. The van der Waals surface area contributed by atoms with Gasteiger partial charge in [-0.15, -0.1) is 11.3 Å². The largest absolute Gasteiger partial charge is 0.487 e. The Kier molecular flexibility index (Phi) is 6.11. The van der Waals surface area contributed by atoms with Crippen LogP contribution in [0.4, 0.5) is 0 Å². The Labute approximate surface area is 162 Å². The van der Waals surface area contributed by atoms with Crippen LogP contribution in [-0.4, -0.2) is 27.5 Å². The van der Waals surface area contributed by atoms with E-state index in [1.165, 1.54) is 0 Å². The summed E-state index contributed by atoms with van der Waals surface area (Å²) in [6, 6.07) is 6.81. The molecule has 2 aromatic rings. The van der Waals surface area contributed by atoms with Gasteiger partial charge < -0.3 is 15.2 Å². The monoisotopic (exact) mass is 388 g/mol. The Morgan fingerprint density at radius 3 is 2.63 bits per heavy atom. The lowest BCUT2D eigenvalue weighted by Gasteiger charge is -2.29. The molecule has 0 radical (unpaired) electrons. The zero-order valence-electron chi connectivity index (χ0n) is 15.4. The predicted octanol–water partition coefficient (Wildman–Crippen LogP) is 3.94. The van der Waals surface area contributed by atoms with Gasteiger partial charge in [0.1, 0.15) is 17.9 Å². The number of rotatable bonds is 6. The van der Waals surface area contributed by atoms with Gasteiger partial charge in [-0.05, 0) is 38.0 Å². The SMILES string of the molecule is Cc1nc(COc2cccc(C(=O)NC3(C(=O)O)CCCCCC3)c2)cs1. The Morgan fingerprint density at radius 1 is 1.26 bits per heavy atom. The molecule has 1 amide bonds. The lowest BCUT2D eigenvalue weighted by Crippen LogP contribution is -2.54. The average Bonchev–Trinajstić information content (AvgIpc) is 2.92. The number of benzene rings is 1. The number of aliphatic carboxylic acids is 1. The third-order valence-electron chi connectivity index (χ3n) is 4.87. The second-order valence-corrected chi connectivity index (χ2v) is 7.99. The van der Waals surface area contributed by atoms with E-state index >= 15 is 0 Å². The molecule has 0 atom stereocenters. The number of aryl methyl sites for hydroxylation is 1. The highest BCUT2D eigenvalue weighted by atomic mass is 32.1. The lowest BCUT2D eigenvalue weighted by atomic mass is 9.90. The van der Waals surface area contributed by atoms with Gasteiger partial charge in [-0.25, -0.2) is 9.78 Å². The normalized spacial score (nSPS) is 16.3. The van der Waals surface area contributed by atoms with Crippen molar-refractivity contribution in [1.29, 1.82) is 0 Å². The summed E-state index contributed by atoms with van der Waals surface area (Å²) in [5.74, 6) is -0.781. The van der Waals surface area contributed by atoms with Crippen LogP contribution in [0.5, 0.6) is 5.75 Å². The summed E-state index contributed by atoms with van der Waals surface area (Å²) in [7, 11) is 0. The third-order valence-corrected chi connectivity index (χ3v) is 5.69. The molecule has 0 spiro atoms. The summed E-state index contributed by atoms with van der Waals surface area (Å²) in [5, 5.41) is 15.4. The number of aromatic nitrogens is 1. The Balaban J connectivity index is 1.69. The van der Waals surface area contributed by atoms with Gasteiger partial charge in [0.2, 0.25) is 0 Å². The number of carboxylic acid groups (broad SMARTS) is 1. The summed E-state index contributed by atoms with van der Waals surface area (Å²) in [4.78, 5) is 28.9. The molecule has 1 aliphatic rings. The van der Waals surface area contributed by atoms with E-state index in [4.69, 9.17) is 4.74 Å². The first-order chi connectivity index (χ1) is 13.0. The number of carbonyl (C=O) groups is 2. The first kappa shape index (κ1) is 19.4. The van der Waals surface area contributed by atoms with Gasteiger partial charge in [0.25, 0.3) is 5.91 Å². The van der Waals surface area contributed by atoms with Crippen LogP contribution in [0.3, 0.4) is 0 Å². The van der Waals surface area contributed by atoms with Crippen LogP contribution >= 0.6 is 11.3 Å². The highest BCUT2D eigenvalue weighted by Crippen LogP contribution is 2.28. The van der Waals surface area contributed by atoms with Crippen molar-refractivity contribution in [1.82, 2.24) is 10.3 Å². The van der Waals surface area contributed by atoms with Crippen molar-refractivity contribution in [3.05, 3.63) is 45.9 Å². The number of amides is 1. The first-order valence-electron chi connectivity index (χ1n) is 9.18. The Bertz CT molecular complexity index is 810. The van der Waals surface area contributed by atoms with Crippen LogP contribution in [0.2, 0.25) is 0 Å². The summed E-state index contributed by atoms with van der Waals surface area (Å²) < 4.78 is 5.73. The van der Waals surface area contributed by atoms with E-state index in [9.17, 15) is 14.7 Å². The van der Waals surface area contributed by atoms with Crippen LogP contribution in [-0.2, 0) is 11.4 Å². The molecule has 2 N–H and O–H groups in total. The van der Waals surface area contributed by atoms with E-state index in [1.807, 2.05) is 12.3 Å². The van der Waals surface area contributed by atoms with Crippen LogP contribution in [0.15, 0.2) is 29.6 Å². The maximum Gasteiger partial charge on any atom is 0.329 e. The van der Waals surface area contributed by atoms with Crippen LogP contribution in [0.25, 0.3) is 0 Å². The number of nitrogens with zero attached hydrogens (tertiary/aromatic N) is 1. The Morgan fingerprint density at radius 2 is 2.00 bits per heavy atom. The van der Waals surface area contributed by atoms with Gasteiger partial charge in [0.15, 0.2) is 0 Å². The Hall–Kier alpha value is -2.41. The fraction of sp³-hybridized carbons (Fsp3) is 0.450. The predicted molar refractivity (Wildman–Crippen MR) is 103 cm³/mol. The molecular weight excluding hydrogens is 364 g/mol. The molecule has 0 bridgehead atoms. The van der Waals surface area contributed by atoms with Crippen molar-refractivity contribution in [2.75, 3.05) is 0 Å². The molecule has 1 saturated carbocycles. The molecular formula is C20H24N2O4S. The molecule has 0 unspecified atom stereocenters. The molecule has 1 aromatic heterocycles. The summed E-state index contributed by atoms with van der Waals surface area (Å²) >= 11 is 1.56. The molecule has 7 heteroatoms. The molecule has 6 nitrogen and oxygen atoms in total. The minimum Gasteiger partial charge on any atom is -0.487 e. The molecule has 0 aliphatic heterocycles. The van der Waals surface area contributed by atoms with Gasteiger partial charge in [-0.3, -0.25) is 4.79 Å². The minimum absolute atomic E-state index is 0.328. The van der Waals surface area contributed by atoms with Crippen molar-refractivity contribution >= 4 is 23.2 Å². The van der Waals surface area contributed by atoms with E-state index in [-0.39, 0.29) is 5.91 Å². The third kappa shape index (κ3) is 4.86. The van der Waals surface area contributed by atoms with Crippen LogP contribution in [0.1, 0.15) is 59.6 Å². The first-order valence-corrected chi connectivity index (χ1v) is 10.1. The second kappa shape index (κ2) is 8.52. The van der Waals surface area contributed by atoms with Crippen molar-refractivity contribution in [2.24, 2.45) is 0 Å². The van der Waals surface area contributed by atoms with Crippen LogP contribution < -0.4 is 10.1 Å². The number of carboxylic acids is 1. The fourth-order valence-corrected chi connectivity index (χ4v) is 3.97. The molecule has 1 fully saturated rings. The number of carbonyl (C=O) groups excluding carboxylic acids is 1. The van der Waals surface area contributed by atoms with Crippen LogP contribution in [0, 0.1) is 6.92 Å². The molecule has 3 rings (SSSR count). The van der Waals surface area contributed by atoms with E-state index in [1.54, 1.807) is 35.6 Å². The molecule has 1 aromatic carbocycles. The molecule has 1 heterocycles. The zero-order valence-corrected chi connectivity index (χ0v) is 16.2. The second-order valence-electron chi connectivity index (χ2n) is 6.93. The quantitative estimate of drug-likeness (QED) is 0.732. The van der Waals surface area contributed by atoms with Crippen molar-refractivity contribution in [2.45, 2.75) is 57.6 Å². The molecule has 1 aliphatic carbocycles. The topological polar surface area (TPSA) is 88.5 Å². The van der Waals surface area contributed by atoms with Gasteiger partial charge in [-0.2, -0.15) is 0 Å². The summed E-state index contributed by atoms with van der Waals surface area (Å²) in [6.07, 6.45) is 4.56. The van der Waals surface area contributed by atoms with Gasteiger partial charge >= 0.3 is 5.97 Å². The highest BCUT2D eigenvalue weighted by Gasteiger charge is 2.40. The zero-order chi connectivity index (χ0) is 19.3. The number of thiazole rings is 1. The van der Waals surface area contributed by atoms with Crippen molar-refractivity contribution in [3.8, 4) is 5.75 Å². The number of hydrogen-bond donors (Lipinski definition) is 2. The van der Waals surface area contributed by atoms with E-state index < -0.39 is 11.5 Å². The maximum atomic E-state index is 12.7. The molecule has 27 heavy (non-hydrogen) atoms. The van der Waals surface area contributed by atoms with Crippen molar-refractivity contribution < 1.29 is 19.4 Å². The van der Waals surface area contributed by atoms with E-state index in [2.05, 4.69) is 10.3 Å². The smallest absolute Gasteiger partial charge is 0.329 e. The van der Waals surface area contributed by atoms with E-state index in [0.29, 0.717) is 30.8 Å². The number of nitrogens with one attached hydrogen (secondary N) is 1. The summed E-state index contributed by atoms with van der Waals surface area (Å²) in [5.41, 5.74) is 0.0604. The average molecular weight is 388 g/mol. The highest BCUT2D eigenvalue weighted by molar-refractivity contribution is 7.09. The molecule has 0 saturated heterocycles. The van der Waals surface area contributed by atoms with Crippen molar-refractivity contribution in [3.63, 3.8) is 0 Å². The maximum absolute atomic E-state index is 12.7. The molecule has 144 valence electrons. The lowest BCUT2D eigenvalue weighted by molar-refractivity contribution is -0.145. The number of ether oxygens (including phenoxy) is 1. The van der Waals surface area contributed by atoms with Gasteiger partial charge in [-0.1, -0.05) is 31.7 Å². The standard InChI is InChI=1S/C20H24N2O4S/c1-14-21-16(13-27-14)12-26-17-8-6-7-15(11-17)18(23)22-20(19(24)25)9-4-2-3-5-10-20/h6-8,11,13H,2-5,9-10,12H2,1H3,(H,22,23)(H,24,25). The minimum atomic E-state index is -1.18. The van der Waals surface area contributed by atoms with Gasteiger partial charge in [0, 0.05) is 10.9 Å². The fourth-order valence-electron chi connectivity index (χ4n) is 3.37. The summed E-state index contributed by atoms with van der Waals surface area (Å²) in [6.45, 7) is 2.26.